The van der Waals surface area contributed by atoms with Gasteiger partial charge in [0.05, 0.1) is 11.9 Å². The smallest absolute Gasteiger partial charge is 0.471 e. The largest absolute Gasteiger partial charge is 0.478 e. The minimum atomic E-state index is -4.97. The summed E-state index contributed by atoms with van der Waals surface area (Å²) in [6.07, 6.45) is -3.85. The average Bonchev–Trinajstić information content (AvgIpc) is 2.88. The van der Waals surface area contributed by atoms with Crippen LogP contribution in [-0.2, 0) is 4.79 Å². The molecule has 110 valence electrons. The van der Waals surface area contributed by atoms with Gasteiger partial charge >= 0.3 is 18.1 Å². The number of aromatic nitrogens is 2. The maximum atomic E-state index is 12.1. The van der Waals surface area contributed by atoms with Gasteiger partial charge in [0.25, 0.3) is 0 Å². The summed E-state index contributed by atoms with van der Waals surface area (Å²) in [7, 11) is 0. The molecule has 0 aliphatic rings. The number of carbonyl (C=O) groups is 2. The predicted molar refractivity (Wildman–Crippen MR) is 65.7 cm³/mol. The molecule has 2 aromatic rings. The van der Waals surface area contributed by atoms with E-state index in [1.165, 1.54) is 24.3 Å². The molecule has 3 N–H and O–H groups in total. The third kappa shape index (κ3) is 3.19. The van der Waals surface area contributed by atoms with Crippen LogP contribution in [0.1, 0.15) is 10.4 Å². The van der Waals surface area contributed by atoms with E-state index in [0.29, 0.717) is 5.56 Å². The number of H-pyrrole nitrogens is 1. The third-order valence-electron chi connectivity index (χ3n) is 2.56. The standard InChI is InChI=1S/C12H8F3N3O3/c13-12(14,15)11(21)17-7-3-1-6(2-4-7)9-8(10(19)20)5-16-18-9/h1-5H,(H,16,18)(H,17,21)(H,19,20). The number of alkyl halides is 3. The summed E-state index contributed by atoms with van der Waals surface area (Å²) >= 11 is 0. The molecule has 1 heterocycles. The van der Waals surface area contributed by atoms with Gasteiger partial charge in [0, 0.05) is 11.3 Å². The van der Waals surface area contributed by atoms with Gasteiger partial charge < -0.3 is 10.4 Å². The molecule has 21 heavy (non-hydrogen) atoms. The topological polar surface area (TPSA) is 95.1 Å². The van der Waals surface area contributed by atoms with Crippen LogP contribution in [0.5, 0.6) is 0 Å². The number of aromatic amines is 1. The number of aromatic carboxylic acids is 1. The van der Waals surface area contributed by atoms with Crippen molar-refractivity contribution in [3.05, 3.63) is 36.0 Å². The minimum absolute atomic E-state index is 0.0579. The fourth-order valence-electron chi connectivity index (χ4n) is 1.59. The Labute approximate surface area is 115 Å². The normalized spacial score (nSPS) is 11.2. The zero-order chi connectivity index (χ0) is 15.6. The summed E-state index contributed by atoms with van der Waals surface area (Å²) in [6, 6.07) is 5.19. The van der Waals surface area contributed by atoms with Crippen LogP contribution in [0.2, 0.25) is 0 Å². The number of halogens is 3. The number of nitrogens with zero attached hydrogens (tertiary/aromatic N) is 1. The van der Waals surface area contributed by atoms with E-state index in [1.807, 2.05) is 0 Å². The molecule has 1 aromatic heterocycles. The number of hydrogen-bond acceptors (Lipinski definition) is 3. The highest BCUT2D eigenvalue weighted by molar-refractivity contribution is 5.96. The lowest BCUT2D eigenvalue weighted by Crippen LogP contribution is -2.29. The molecule has 1 amide bonds. The Bertz CT molecular complexity index is 677. The zero-order valence-electron chi connectivity index (χ0n) is 10.2. The van der Waals surface area contributed by atoms with E-state index in [0.717, 1.165) is 6.20 Å². The molecule has 6 nitrogen and oxygen atoms in total. The number of carboxylic acid groups (broad SMARTS) is 1. The van der Waals surface area contributed by atoms with E-state index in [9.17, 15) is 22.8 Å². The van der Waals surface area contributed by atoms with E-state index in [2.05, 4.69) is 10.2 Å². The fourth-order valence-corrected chi connectivity index (χ4v) is 1.59. The molecule has 0 saturated heterocycles. The maximum absolute atomic E-state index is 12.1. The Kier molecular flexibility index (Phi) is 3.66. The van der Waals surface area contributed by atoms with Gasteiger partial charge in [-0.3, -0.25) is 9.89 Å². The van der Waals surface area contributed by atoms with Crippen LogP contribution in [0.4, 0.5) is 18.9 Å². The summed E-state index contributed by atoms with van der Waals surface area (Å²) in [6.45, 7) is 0. The number of anilines is 1. The van der Waals surface area contributed by atoms with Gasteiger partial charge in [-0.1, -0.05) is 12.1 Å². The highest BCUT2D eigenvalue weighted by Gasteiger charge is 2.38. The van der Waals surface area contributed by atoms with Crippen LogP contribution in [-0.4, -0.2) is 33.4 Å². The van der Waals surface area contributed by atoms with E-state index < -0.39 is 18.1 Å². The van der Waals surface area contributed by atoms with Crippen LogP contribution in [0.3, 0.4) is 0 Å². The van der Waals surface area contributed by atoms with Gasteiger partial charge in [-0.2, -0.15) is 18.3 Å². The number of amides is 1. The summed E-state index contributed by atoms with van der Waals surface area (Å²) in [4.78, 5) is 21.7. The molecule has 0 saturated carbocycles. The van der Waals surface area contributed by atoms with Crippen LogP contribution < -0.4 is 5.32 Å². The first-order valence-corrected chi connectivity index (χ1v) is 5.54. The first-order chi connectivity index (χ1) is 9.79. The second-order valence-electron chi connectivity index (χ2n) is 3.99. The maximum Gasteiger partial charge on any atom is 0.471 e. The molecule has 0 bridgehead atoms. The lowest BCUT2D eigenvalue weighted by molar-refractivity contribution is -0.167. The van der Waals surface area contributed by atoms with Crippen molar-refractivity contribution < 1.29 is 27.9 Å². The molecule has 0 radical (unpaired) electrons. The number of hydrogen-bond donors (Lipinski definition) is 3. The zero-order valence-corrected chi connectivity index (χ0v) is 10.2. The lowest BCUT2D eigenvalue weighted by Gasteiger charge is -2.08. The number of carbonyl (C=O) groups excluding carboxylic acids is 1. The SMILES string of the molecule is O=C(O)c1cn[nH]c1-c1ccc(NC(=O)C(F)(F)F)cc1. The van der Waals surface area contributed by atoms with Gasteiger partial charge in [-0.15, -0.1) is 0 Å². The highest BCUT2D eigenvalue weighted by Crippen LogP contribution is 2.24. The summed E-state index contributed by atoms with van der Waals surface area (Å²) in [5.74, 6) is -3.27. The van der Waals surface area contributed by atoms with E-state index in [1.54, 1.807) is 5.32 Å². The Balaban J connectivity index is 2.21. The van der Waals surface area contributed by atoms with Crippen molar-refractivity contribution in [2.24, 2.45) is 0 Å². The molecular formula is C12H8F3N3O3. The average molecular weight is 299 g/mol. The van der Waals surface area contributed by atoms with Crippen LogP contribution >= 0.6 is 0 Å². The van der Waals surface area contributed by atoms with Gasteiger partial charge in [-0.05, 0) is 12.1 Å². The number of benzene rings is 1. The van der Waals surface area contributed by atoms with Gasteiger partial charge in [0.15, 0.2) is 0 Å². The van der Waals surface area contributed by atoms with Crippen molar-refractivity contribution in [1.29, 1.82) is 0 Å². The molecule has 0 aliphatic heterocycles. The Morgan fingerprint density at radius 2 is 1.81 bits per heavy atom. The van der Waals surface area contributed by atoms with E-state index >= 15 is 0 Å². The highest BCUT2D eigenvalue weighted by atomic mass is 19.4. The molecule has 0 aliphatic carbocycles. The van der Waals surface area contributed by atoms with Crippen LogP contribution in [0.15, 0.2) is 30.5 Å². The van der Waals surface area contributed by atoms with E-state index in [4.69, 9.17) is 5.11 Å². The molecule has 1 aromatic carbocycles. The Hall–Kier alpha value is -2.84. The summed E-state index contributed by atoms with van der Waals surface area (Å²) in [5, 5.41) is 16.7. The quantitative estimate of drug-likeness (QED) is 0.810. The van der Waals surface area contributed by atoms with E-state index in [-0.39, 0.29) is 16.9 Å². The van der Waals surface area contributed by atoms with Crippen molar-refractivity contribution in [1.82, 2.24) is 10.2 Å². The molecule has 0 fully saturated rings. The first kappa shape index (κ1) is 14.6. The number of carboxylic acids is 1. The number of rotatable bonds is 3. The second kappa shape index (κ2) is 5.27. The molecular weight excluding hydrogens is 291 g/mol. The van der Waals surface area contributed by atoms with Crippen molar-refractivity contribution in [3.63, 3.8) is 0 Å². The van der Waals surface area contributed by atoms with Gasteiger partial charge in [-0.25, -0.2) is 4.79 Å². The summed E-state index contributed by atoms with van der Waals surface area (Å²) in [5.41, 5.74) is 0.505. The van der Waals surface area contributed by atoms with Crippen molar-refractivity contribution in [2.75, 3.05) is 5.32 Å². The molecule has 0 atom stereocenters. The fraction of sp³-hybridized carbons (Fsp3) is 0.0833. The van der Waals surface area contributed by atoms with Crippen molar-refractivity contribution >= 4 is 17.6 Å². The molecule has 0 unspecified atom stereocenters. The molecule has 0 spiro atoms. The Morgan fingerprint density at radius 1 is 1.19 bits per heavy atom. The Morgan fingerprint density at radius 3 is 2.33 bits per heavy atom. The lowest BCUT2D eigenvalue weighted by atomic mass is 10.1. The predicted octanol–water partition coefficient (Wildman–Crippen LogP) is 2.28. The van der Waals surface area contributed by atoms with Gasteiger partial charge in [0.2, 0.25) is 0 Å². The third-order valence-corrected chi connectivity index (χ3v) is 2.56. The van der Waals surface area contributed by atoms with Crippen molar-refractivity contribution in [2.45, 2.75) is 6.18 Å². The van der Waals surface area contributed by atoms with Gasteiger partial charge in [0.1, 0.15) is 5.56 Å². The van der Waals surface area contributed by atoms with Crippen molar-refractivity contribution in [3.8, 4) is 11.3 Å². The second-order valence-corrected chi connectivity index (χ2v) is 3.99. The van der Waals surface area contributed by atoms with Crippen LogP contribution in [0.25, 0.3) is 11.3 Å². The molecule has 9 heteroatoms. The number of nitrogens with one attached hydrogen (secondary N) is 2. The monoisotopic (exact) mass is 299 g/mol. The minimum Gasteiger partial charge on any atom is -0.478 e. The van der Waals surface area contributed by atoms with Crippen LogP contribution in [0, 0.1) is 0 Å². The summed E-state index contributed by atoms with van der Waals surface area (Å²) < 4.78 is 36.3. The molecule has 2 rings (SSSR count). The first-order valence-electron chi connectivity index (χ1n) is 5.54.